The van der Waals surface area contributed by atoms with E-state index in [2.05, 4.69) is 20.9 Å². The van der Waals surface area contributed by atoms with Gasteiger partial charge in [0.2, 0.25) is 0 Å². The monoisotopic (exact) mass is 462 g/mol. The Hall–Kier alpha value is -2.91. The van der Waals surface area contributed by atoms with Crippen LogP contribution in [0.3, 0.4) is 0 Å². The number of hydrogen-bond donors (Lipinski definition) is 2. The summed E-state index contributed by atoms with van der Waals surface area (Å²) in [6.45, 7) is 0.342. The molecule has 9 heteroatoms. The lowest BCUT2D eigenvalue weighted by molar-refractivity contribution is -0.140. The Morgan fingerprint density at radius 3 is 2.55 bits per heavy atom. The summed E-state index contributed by atoms with van der Waals surface area (Å²) in [4.78, 5) is 30.8. The summed E-state index contributed by atoms with van der Waals surface area (Å²) < 4.78 is 10.6. The number of nitrogens with zero attached hydrogens (tertiary/aromatic N) is 2. The number of hydrogen-bond acceptors (Lipinski definition) is 7. The van der Waals surface area contributed by atoms with Crippen LogP contribution >= 0.6 is 15.9 Å². The van der Waals surface area contributed by atoms with Gasteiger partial charge in [-0.3, -0.25) is 14.6 Å². The Kier molecular flexibility index (Phi) is 6.19. The molecule has 2 N–H and O–H groups in total. The summed E-state index contributed by atoms with van der Waals surface area (Å²) in [5.41, 5.74) is 0.786. The quantitative estimate of drug-likeness (QED) is 0.385. The number of amides is 1. The number of aliphatic hydroxyl groups is 1. The molecule has 3 rings (SSSR count). The Morgan fingerprint density at radius 1 is 1.24 bits per heavy atom. The first-order valence-electron chi connectivity index (χ1n) is 8.64. The molecule has 0 radical (unpaired) electrons. The van der Waals surface area contributed by atoms with Crippen molar-refractivity contribution in [2.75, 3.05) is 27.4 Å². The first-order chi connectivity index (χ1) is 13.9. The van der Waals surface area contributed by atoms with E-state index in [0.717, 1.165) is 0 Å². The normalized spacial score (nSPS) is 18.3. The van der Waals surface area contributed by atoms with Crippen LogP contribution in [0.1, 0.15) is 17.2 Å². The van der Waals surface area contributed by atoms with Crippen LogP contribution in [0.25, 0.3) is 5.76 Å². The zero-order valence-corrected chi connectivity index (χ0v) is 17.3. The highest BCUT2D eigenvalue weighted by Gasteiger charge is 2.46. The molecule has 0 bridgehead atoms. The number of aliphatic hydroxyl groups excluding tert-OH is 1. The van der Waals surface area contributed by atoms with Crippen molar-refractivity contribution in [2.24, 2.45) is 0 Å². The van der Waals surface area contributed by atoms with E-state index in [1.54, 1.807) is 18.2 Å². The molecule has 1 aliphatic rings. The number of benzene rings is 1. The minimum absolute atomic E-state index is 0.0584. The van der Waals surface area contributed by atoms with E-state index in [0.29, 0.717) is 15.6 Å². The van der Waals surface area contributed by atoms with Crippen molar-refractivity contribution >= 4 is 33.4 Å². The average molecular weight is 463 g/mol. The molecule has 0 saturated carbocycles. The van der Waals surface area contributed by atoms with Crippen LogP contribution in [0.5, 0.6) is 11.5 Å². The molecule has 2 heterocycles. The minimum atomic E-state index is -0.885. The number of carbonyl (C=O) groups excluding carboxylic acids is 2. The first kappa shape index (κ1) is 20.8. The van der Waals surface area contributed by atoms with Crippen LogP contribution in [0.2, 0.25) is 0 Å². The summed E-state index contributed by atoms with van der Waals surface area (Å²) >= 11 is 3.26. The molecule has 0 aliphatic carbocycles. The zero-order chi connectivity index (χ0) is 21.1. The van der Waals surface area contributed by atoms with Gasteiger partial charge in [-0.25, -0.2) is 0 Å². The SMILES string of the molecule is COCCN1C(=O)C(=O)C(=C(O)c2ccncc2)C1c1cc(Br)c(O)c(OC)c1. The van der Waals surface area contributed by atoms with Gasteiger partial charge in [0, 0.05) is 31.6 Å². The van der Waals surface area contributed by atoms with Gasteiger partial charge in [0.25, 0.3) is 11.7 Å². The van der Waals surface area contributed by atoms with Gasteiger partial charge in [0.15, 0.2) is 11.5 Å². The molecule has 0 spiro atoms. The van der Waals surface area contributed by atoms with Crippen molar-refractivity contribution < 1.29 is 29.3 Å². The molecule has 1 aromatic carbocycles. The van der Waals surface area contributed by atoms with Crippen LogP contribution in [-0.2, 0) is 14.3 Å². The summed E-state index contributed by atoms with van der Waals surface area (Å²) in [5, 5.41) is 21.0. The maximum absolute atomic E-state index is 12.8. The van der Waals surface area contributed by atoms with Crippen molar-refractivity contribution in [3.05, 3.63) is 57.8 Å². The molecule has 2 aromatic rings. The number of phenolic OH excluding ortho intramolecular Hbond substituents is 1. The number of aromatic nitrogens is 1. The molecule has 1 fully saturated rings. The second-order valence-electron chi connectivity index (χ2n) is 6.27. The molecular formula is C20H19BrN2O6. The standard InChI is InChI=1S/C20H19BrN2O6/c1-28-8-7-23-16(12-9-13(21)18(25)14(10-12)29-2)15(19(26)20(23)27)17(24)11-3-5-22-6-4-11/h3-6,9-10,16,24-25H,7-8H2,1-2H3. The number of pyridine rings is 1. The van der Waals surface area contributed by atoms with Crippen LogP contribution in [0.15, 0.2) is 46.7 Å². The van der Waals surface area contributed by atoms with Crippen molar-refractivity contribution in [3.63, 3.8) is 0 Å². The predicted octanol–water partition coefficient (Wildman–Crippen LogP) is 2.63. The Bertz CT molecular complexity index is 976. The molecule has 8 nitrogen and oxygen atoms in total. The van der Waals surface area contributed by atoms with Gasteiger partial charge in [-0.2, -0.15) is 0 Å². The maximum Gasteiger partial charge on any atom is 0.295 e. The van der Waals surface area contributed by atoms with Gasteiger partial charge in [-0.05, 0) is 45.8 Å². The fourth-order valence-corrected chi connectivity index (χ4v) is 3.68. The topological polar surface area (TPSA) is 109 Å². The maximum atomic E-state index is 12.8. The number of phenols is 1. The van der Waals surface area contributed by atoms with Crippen LogP contribution in [-0.4, -0.2) is 59.2 Å². The van der Waals surface area contributed by atoms with Crippen molar-refractivity contribution in [1.82, 2.24) is 9.88 Å². The third-order valence-electron chi connectivity index (χ3n) is 4.62. The minimum Gasteiger partial charge on any atom is -0.507 e. The van der Waals surface area contributed by atoms with Gasteiger partial charge >= 0.3 is 0 Å². The third-order valence-corrected chi connectivity index (χ3v) is 5.22. The molecule has 1 atom stereocenters. The summed E-state index contributed by atoms with van der Waals surface area (Å²) in [6.07, 6.45) is 2.95. The fraction of sp³-hybridized carbons (Fsp3) is 0.250. The second kappa shape index (κ2) is 8.62. The number of rotatable bonds is 6. The highest BCUT2D eigenvalue weighted by atomic mass is 79.9. The summed E-state index contributed by atoms with van der Waals surface area (Å²) in [6, 6.07) is 5.30. The number of halogens is 1. The first-order valence-corrected chi connectivity index (χ1v) is 9.44. The van der Waals surface area contributed by atoms with Gasteiger partial charge in [-0.15, -0.1) is 0 Å². The van der Waals surface area contributed by atoms with Gasteiger partial charge in [0.1, 0.15) is 5.76 Å². The molecule has 1 amide bonds. The summed E-state index contributed by atoms with van der Waals surface area (Å²) in [5.74, 6) is -1.80. The van der Waals surface area contributed by atoms with Crippen molar-refractivity contribution in [3.8, 4) is 11.5 Å². The number of methoxy groups -OCH3 is 2. The van der Waals surface area contributed by atoms with E-state index < -0.39 is 17.7 Å². The van der Waals surface area contributed by atoms with E-state index in [4.69, 9.17) is 9.47 Å². The predicted molar refractivity (Wildman–Crippen MR) is 107 cm³/mol. The van der Waals surface area contributed by atoms with E-state index in [9.17, 15) is 19.8 Å². The van der Waals surface area contributed by atoms with Gasteiger partial charge < -0.3 is 24.6 Å². The highest BCUT2D eigenvalue weighted by Crippen LogP contribution is 2.44. The molecule has 1 unspecified atom stereocenters. The average Bonchev–Trinajstić information content (AvgIpc) is 2.98. The van der Waals surface area contributed by atoms with E-state index in [-0.39, 0.29) is 36.0 Å². The number of ether oxygens (including phenoxy) is 2. The molecule has 1 aliphatic heterocycles. The summed E-state index contributed by atoms with van der Waals surface area (Å²) in [7, 11) is 2.88. The number of aromatic hydroxyl groups is 1. The largest absolute Gasteiger partial charge is 0.507 e. The fourth-order valence-electron chi connectivity index (χ4n) is 3.22. The molecule has 1 saturated heterocycles. The van der Waals surface area contributed by atoms with E-state index >= 15 is 0 Å². The van der Waals surface area contributed by atoms with Crippen molar-refractivity contribution in [1.29, 1.82) is 0 Å². The Labute approximate surface area is 175 Å². The molecular weight excluding hydrogens is 444 g/mol. The van der Waals surface area contributed by atoms with Crippen LogP contribution in [0.4, 0.5) is 0 Å². The van der Waals surface area contributed by atoms with Crippen LogP contribution in [0, 0.1) is 0 Å². The lowest BCUT2D eigenvalue weighted by atomic mass is 9.95. The van der Waals surface area contributed by atoms with Gasteiger partial charge in [-0.1, -0.05) is 0 Å². The molecule has 152 valence electrons. The lowest BCUT2D eigenvalue weighted by Crippen LogP contribution is -2.32. The smallest absolute Gasteiger partial charge is 0.295 e. The number of Topliss-reactive ketones (excluding diaryl/α,β-unsaturated/α-hetero) is 1. The lowest BCUT2D eigenvalue weighted by Gasteiger charge is -2.25. The number of carbonyl (C=O) groups is 2. The Balaban J connectivity index is 2.23. The number of ketones is 1. The van der Waals surface area contributed by atoms with Gasteiger partial charge in [0.05, 0.1) is 29.8 Å². The second-order valence-corrected chi connectivity index (χ2v) is 7.13. The zero-order valence-electron chi connectivity index (χ0n) is 15.8. The Morgan fingerprint density at radius 2 is 1.93 bits per heavy atom. The molecule has 29 heavy (non-hydrogen) atoms. The van der Waals surface area contributed by atoms with Crippen LogP contribution < -0.4 is 4.74 Å². The molecule has 1 aromatic heterocycles. The number of likely N-dealkylation sites (tertiary alicyclic amines) is 1. The van der Waals surface area contributed by atoms with E-state index in [1.165, 1.54) is 37.6 Å². The van der Waals surface area contributed by atoms with E-state index in [1.807, 2.05) is 0 Å². The van der Waals surface area contributed by atoms with Crippen molar-refractivity contribution in [2.45, 2.75) is 6.04 Å². The third kappa shape index (κ3) is 3.83. The highest BCUT2D eigenvalue weighted by molar-refractivity contribution is 9.10.